The average molecular weight is 285 g/mol. The lowest BCUT2D eigenvalue weighted by atomic mass is 10.2. The molecule has 0 unspecified atom stereocenters. The highest BCUT2D eigenvalue weighted by Gasteiger charge is 2.10. The van der Waals surface area contributed by atoms with Crippen LogP contribution in [0.2, 0.25) is 5.28 Å². The maximum absolute atomic E-state index is 5.72. The zero-order valence-corrected chi connectivity index (χ0v) is 11.7. The van der Waals surface area contributed by atoms with Gasteiger partial charge in [-0.3, -0.25) is 0 Å². The molecule has 1 aromatic carbocycles. The van der Waals surface area contributed by atoms with Crippen LogP contribution in [0.1, 0.15) is 13.8 Å². The molecular weight excluding hydrogens is 272 g/mol. The lowest BCUT2D eigenvalue weighted by Crippen LogP contribution is -1.98. The third-order valence-corrected chi connectivity index (χ3v) is 3.22. The predicted octanol–water partition coefficient (Wildman–Crippen LogP) is 3.66. The van der Waals surface area contributed by atoms with Crippen LogP contribution in [0.5, 0.6) is 11.5 Å². The Balaban J connectivity index is 2.35. The summed E-state index contributed by atoms with van der Waals surface area (Å²) in [5.41, 5.74) is 0.923. The number of benzene rings is 1. The second kappa shape index (κ2) is 6.02. The molecule has 0 bridgehead atoms. The molecule has 0 amide bonds. The highest BCUT2D eigenvalue weighted by Crippen LogP contribution is 2.33. The molecule has 0 spiro atoms. The molecule has 96 valence electrons. The average Bonchev–Trinajstić information content (AvgIpc) is 2.79. The lowest BCUT2D eigenvalue weighted by Gasteiger charge is -2.11. The van der Waals surface area contributed by atoms with E-state index in [1.54, 1.807) is 0 Å². The molecule has 0 aliphatic carbocycles. The van der Waals surface area contributed by atoms with E-state index in [4.69, 9.17) is 21.1 Å². The molecule has 0 saturated carbocycles. The van der Waals surface area contributed by atoms with E-state index in [0.29, 0.717) is 19.0 Å². The van der Waals surface area contributed by atoms with Crippen LogP contribution in [-0.2, 0) is 0 Å². The van der Waals surface area contributed by atoms with Crippen molar-refractivity contribution in [1.29, 1.82) is 0 Å². The van der Waals surface area contributed by atoms with Crippen molar-refractivity contribution in [2.75, 3.05) is 13.2 Å². The van der Waals surface area contributed by atoms with Gasteiger partial charge in [0.05, 0.1) is 13.2 Å². The fraction of sp³-hybridized carbons (Fsp3) is 0.333. The first-order valence-corrected chi connectivity index (χ1v) is 6.79. The summed E-state index contributed by atoms with van der Waals surface area (Å²) in [7, 11) is 0. The standard InChI is InChI=1S/C12H13ClN2O2S/c1-3-16-9-6-5-8(7-10(9)17-4-2)11-14-12(13)15-18-11/h5-7H,3-4H2,1-2H3. The monoisotopic (exact) mass is 284 g/mol. The van der Waals surface area contributed by atoms with E-state index in [2.05, 4.69) is 9.36 Å². The van der Waals surface area contributed by atoms with Crippen molar-refractivity contribution >= 4 is 23.1 Å². The maximum atomic E-state index is 5.72. The number of ether oxygens (including phenoxy) is 2. The van der Waals surface area contributed by atoms with Gasteiger partial charge in [-0.25, -0.2) is 4.98 Å². The first kappa shape index (κ1) is 13.1. The number of hydrogen-bond acceptors (Lipinski definition) is 5. The number of nitrogens with zero attached hydrogens (tertiary/aromatic N) is 2. The molecule has 0 atom stereocenters. The van der Waals surface area contributed by atoms with Crippen molar-refractivity contribution in [2.24, 2.45) is 0 Å². The first-order valence-electron chi connectivity index (χ1n) is 5.63. The van der Waals surface area contributed by atoms with Crippen LogP contribution in [0.25, 0.3) is 10.6 Å². The minimum absolute atomic E-state index is 0.266. The largest absolute Gasteiger partial charge is 0.490 e. The van der Waals surface area contributed by atoms with Gasteiger partial charge < -0.3 is 9.47 Å². The maximum Gasteiger partial charge on any atom is 0.234 e. The smallest absolute Gasteiger partial charge is 0.234 e. The first-order chi connectivity index (χ1) is 8.74. The van der Waals surface area contributed by atoms with E-state index in [-0.39, 0.29) is 5.28 Å². The van der Waals surface area contributed by atoms with Gasteiger partial charge in [0, 0.05) is 5.56 Å². The third kappa shape index (κ3) is 2.91. The van der Waals surface area contributed by atoms with E-state index in [9.17, 15) is 0 Å². The summed E-state index contributed by atoms with van der Waals surface area (Å²) in [6.07, 6.45) is 0. The summed E-state index contributed by atoms with van der Waals surface area (Å²) in [5, 5.41) is 1.03. The van der Waals surface area contributed by atoms with E-state index in [1.807, 2.05) is 32.0 Å². The number of hydrogen-bond donors (Lipinski definition) is 0. The summed E-state index contributed by atoms with van der Waals surface area (Å²) in [6.45, 7) is 5.06. The van der Waals surface area contributed by atoms with Crippen molar-refractivity contribution in [3.63, 3.8) is 0 Å². The lowest BCUT2D eigenvalue weighted by molar-refractivity contribution is 0.288. The molecular formula is C12H13ClN2O2S. The molecule has 0 fully saturated rings. The minimum atomic E-state index is 0.266. The van der Waals surface area contributed by atoms with Gasteiger partial charge in [0.2, 0.25) is 5.28 Å². The SMILES string of the molecule is CCOc1ccc(-c2nc(Cl)ns2)cc1OCC. The van der Waals surface area contributed by atoms with Crippen LogP contribution in [-0.4, -0.2) is 22.6 Å². The summed E-state index contributed by atoms with van der Waals surface area (Å²) in [5.74, 6) is 1.45. The zero-order chi connectivity index (χ0) is 13.0. The molecule has 2 aromatic rings. The molecule has 1 heterocycles. The summed E-state index contributed by atoms with van der Waals surface area (Å²) >= 11 is 6.98. The molecule has 2 rings (SSSR count). The number of halogens is 1. The second-order valence-corrected chi connectivity index (χ2v) is 4.49. The van der Waals surface area contributed by atoms with Crippen molar-refractivity contribution < 1.29 is 9.47 Å². The van der Waals surface area contributed by atoms with Crippen LogP contribution in [0.15, 0.2) is 18.2 Å². The zero-order valence-electron chi connectivity index (χ0n) is 10.1. The van der Waals surface area contributed by atoms with Gasteiger partial charge in [-0.2, -0.15) is 4.37 Å². The Labute approximate surface area is 115 Å². The fourth-order valence-corrected chi connectivity index (χ4v) is 2.31. The number of aromatic nitrogens is 2. The summed E-state index contributed by atoms with van der Waals surface area (Å²) < 4.78 is 15.0. The van der Waals surface area contributed by atoms with Crippen molar-refractivity contribution in [3.8, 4) is 22.1 Å². The summed E-state index contributed by atoms with van der Waals surface area (Å²) in [4.78, 5) is 4.13. The van der Waals surface area contributed by atoms with E-state index < -0.39 is 0 Å². The molecule has 18 heavy (non-hydrogen) atoms. The Hall–Kier alpha value is -1.33. The van der Waals surface area contributed by atoms with Crippen LogP contribution in [0.3, 0.4) is 0 Å². The van der Waals surface area contributed by atoms with Gasteiger partial charge in [-0.1, -0.05) is 0 Å². The normalized spacial score (nSPS) is 10.4. The molecule has 0 saturated heterocycles. The Morgan fingerprint density at radius 2 is 1.89 bits per heavy atom. The fourth-order valence-electron chi connectivity index (χ4n) is 1.51. The highest BCUT2D eigenvalue weighted by molar-refractivity contribution is 7.09. The molecule has 6 heteroatoms. The van der Waals surface area contributed by atoms with Crippen LogP contribution in [0, 0.1) is 0 Å². The second-order valence-electron chi connectivity index (χ2n) is 3.40. The van der Waals surface area contributed by atoms with Crippen molar-refractivity contribution in [3.05, 3.63) is 23.5 Å². The Kier molecular flexibility index (Phi) is 4.38. The molecule has 0 radical (unpaired) electrons. The van der Waals surface area contributed by atoms with E-state index in [1.165, 1.54) is 11.5 Å². The van der Waals surface area contributed by atoms with Gasteiger partial charge in [-0.05, 0) is 55.2 Å². The van der Waals surface area contributed by atoms with Gasteiger partial charge in [0.15, 0.2) is 11.5 Å². The highest BCUT2D eigenvalue weighted by atomic mass is 35.5. The van der Waals surface area contributed by atoms with E-state index >= 15 is 0 Å². The van der Waals surface area contributed by atoms with Gasteiger partial charge in [0.25, 0.3) is 0 Å². The number of rotatable bonds is 5. The topological polar surface area (TPSA) is 44.2 Å². The summed E-state index contributed by atoms with van der Waals surface area (Å²) in [6, 6.07) is 5.69. The van der Waals surface area contributed by atoms with Crippen molar-refractivity contribution in [1.82, 2.24) is 9.36 Å². The Bertz CT molecular complexity index is 531. The predicted molar refractivity (Wildman–Crippen MR) is 72.7 cm³/mol. The molecule has 0 aliphatic heterocycles. The van der Waals surface area contributed by atoms with Crippen LogP contribution < -0.4 is 9.47 Å². The van der Waals surface area contributed by atoms with E-state index in [0.717, 1.165) is 16.3 Å². The molecule has 4 nitrogen and oxygen atoms in total. The Morgan fingerprint density at radius 3 is 2.50 bits per heavy atom. The van der Waals surface area contributed by atoms with Gasteiger partial charge >= 0.3 is 0 Å². The minimum Gasteiger partial charge on any atom is -0.490 e. The van der Waals surface area contributed by atoms with Crippen LogP contribution in [0.4, 0.5) is 0 Å². The Morgan fingerprint density at radius 1 is 1.17 bits per heavy atom. The quantitative estimate of drug-likeness (QED) is 0.840. The molecule has 0 aliphatic rings. The van der Waals surface area contributed by atoms with Gasteiger partial charge in [-0.15, -0.1) is 0 Å². The third-order valence-electron chi connectivity index (χ3n) is 2.19. The van der Waals surface area contributed by atoms with Crippen molar-refractivity contribution in [2.45, 2.75) is 13.8 Å². The van der Waals surface area contributed by atoms with Gasteiger partial charge in [0.1, 0.15) is 5.01 Å². The molecule has 1 aromatic heterocycles. The molecule has 0 N–H and O–H groups in total. The van der Waals surface area contributed by atoms with Crippen LogP contribution >= 0.6 is 23.1 Å².